The minimum absolute atomic E-state index is 0.223. The third-order valence-electron chi connectivity index (χ3n) is 2.74. The molecule has 1 N–H and O–H groups in total. The predicted molar refractivity (Wildman–Crippen MR) is 77.5 cm³/mol. The molecule has 3 nitrogen and oxygen atoms in total. The topological polar surface area (TPSA) is 37.3 Å². The van der Waals surface area contributed by atoms with E-state index in [1.807, 2.05) is 5.38 Å². The lowest BCUT2D eigenvalue weighted by Gasteiger charge is -2.17. The van der Waals surface area contributed by atoms with Crippen molar-refractivity contribution in [1.29, 1.82) is 0 Å². The van der Waals surface area contributed by atoms with Gasteiger partial charge in [0.2, 0.25) is 0 Å². The van der Waals surface area contributed by atoms with Gasteiger partial charge in [0.05, 0.1) is 11.1 Å². The highest BCUT2D eigenvalue weighted by molar-refractivity contribution is 7.11. The number of hydrogen-bond donors (Lipinski definition) is 1. The van der Waals surface area contributed by atoms with E-state index in [2.05, 4.69) is 15.3 Å². The van der Waals surface area contributed by atoms with Gasteiger partial charge in [-0.05, 0) is 18.6 Å². The first-order chi connectivity index (χ1) is 9.54. The second-order valence-electron chi connectivity index (χ2n) is 4.04. The highest BCUT2D eigenvalue weighted by Gasteiger charge is 2.18. The maximum atomic E-state index is 13.5. The number of aromatic nitrogens is 1. The zero-order valence-electron chi connectivity index (χ0n) is 10.8. The van der Waals surface area contributed by atoms with Gasteiger partial charge in [-0.2, -0.15) is 0 Å². The minimum Gasteiger partial charge on any atom is -0.361 e. The van der Waals surface area contributed by atoms with E-state index >= 15 is 0 Å². The summed E-state index contributed by atoms with van der Waals surface area (Å²) >= 11 is 7.27. The van der Waals surface area contributed by atoms with Crippen molar-refractivity contribution in [3.63, 3.8) is 0 Å². The lowest BCUT2D eigenvalue weighted by Crippen LogP contribution is -2.27. The van der Waals surface area contributed by atoms with E-state index in [0.29, 0.717) is 11.4 Å². The second kappa shape index (κ2) is 6.28. The molecule has 1 aromatic carbocycles. The van der Waals surface area contributed by atoms with Crippen molar-refractivity contribution in [2.75, 3.05) is 7.05 Å². The van der Waals surface area contributed by atoms with Crippen LogP contribution < -0.4 is 5.32 Å². The molecule has 0 bridgehead atoms. The lowest BCUT2D eigenvalue weighted by atomic mass is 10.1. The zero-order chi connectivity index (χ0) is 14.7. The standard InChI is InChI=1S/C13H12ClF2N3S/c1-7(8-3-4-9(15)11(16)10(8)14)19-12(17-2)13-18-5-6-20-13/h3-7H,1-2H3,(H,17,19)/t7-/m0/s1. The van der Waals surface area contributed by atoms with Gasteiger partial charge >= 0.3 is 0 Å². The predicted octanol–water partition coefficient (Wildman–Crippen LogP) is 3.80. The number of benzene rings is 1. The molecule has 1 aromatic heterocycles. The van der Waals surface area contributed by atoms with Crippen LogP contribution in [0.5, 0.6) is 0 Å². The minimum atomic E-state index is -1.04. The van der Waals surface area contributed by atoms with Gasteiger partial charge in [0, 0.05) is 18.6 Å². The molecule has 0 fully saturated rings. The molecule has 0 radical (unpaired) electrons. The third kappa shape index (κ3) is 2.96. The summed E-state index contributed by atoms with van der Waals surface area (Å²) in [5, 5.41) is 5.43. The maximum absolute atomic E-state index is 13.5. The Morgan fingerprint density at radius 1 is 1.45 bits per heavy atom. The Balaban J connectivity index is 2.24. The number of amidine groups is 1. The average Bonchev–Trinajstić information content (AvgIpc) is 2.96. The van der Waals surface area contributed by atoms with Gasteiger partial charge < -0.3 is 5.32 Å². The average molecular weight is 316 g/mol. The summed E-state index contributed by atoms with van der Waals surface area (Å²) in [5.41, 5.74) is 0.461. The van der Waals surface area contributed by atoms with E-state index in [0.717, 1.165) is 11.1 Å². The van der Waals surface area contributed by atoms with Crippen molar-refractivity contribution in [2.24, 2.45) is 4.99 Å². The number of thiazole rings is 1. The molecule has 0 aliphatic carbocycles. The number of aliphatic imine (C=N–C) groups is 1. The van der Waals surface area contributed by atoms with Gasteiger partial charge in [-0.1, -0.05) is 17.7 Å². The Kier molecular flexibility index (Phi) is 4.67. The summed E-state index contributed by atoms with van der Waals surface area (Å²) in [6.45, 7) is 1.79. The van der Waals surface area contributed by atoms with Crippen LogP contribution in [0, 0.1) is 11.6 Å². The molecule has 1 atom stereocenters. The van der Waals surface area contributed by atoms with Crippen molar-refractivity contribution in [1.82, 2.24) is 10.3 Å². The van der Waals surface area contributed by atoms with Crippen molar-refractivity contribution in [3.8, 4) is 0 Å². The SMILES string of the molecule is CN=C(N[C@@H](C)c1ccc(F)c(F)c1Cl)c1nccs1. The fraction of sp³-hybridized carbons (Fsp3) is 0.231. The second-order valence-corrected chi connectivity index (χ2v) is 5.31. The summed E-state index contributed by atoms with van der Waals surface area (Å²) in [6.07, 6.45) is 1.67. The molecule has 0 aliphatic heterocycles. The number of rotatable bonds is 3. The van der Waals surface area contributed by atoms with Crippen LogP contribution in [0.15, 0.2) is 28.7 Å². The highest BCUT2D eigenvalue weighted by atomic mass is 35.5. The third-order valence-corrected chi connectivity index (χ3v) is 3.91. The van der Waals surface area contributed by atoms with Crippen molar-refractivity contribution in [3.05, 3.63) is 50.9 Å². The van der Waals surface area contributed by atoms with E-state index in [4.69, 9.17) is 11.6 Å². The van der Waals surface area contributed by atoms with Crippen LogP contribution in [0.3, 0.4) is 0 Å². The summed E-state index contributed by atoms with van der Waals surface area (Å²) in [4.78, 5) is 8.25. The van der Waals surface area contributed by atoms with E-state index in [1.54, 1.807) is 20.2 Å². The highest BCUT2D eigenvalue weighted by Crippen LogP contribution is 2.27. The molecule has 0 amide bonds. The molecule has 0 saturated carbocycles. The molecule has 0 spiro atoms. The Labute approximate surface area is 124 Å². The summed E-state index contributed by atoms with van der Waals surface area (Å²) in [6, 6.07) is 2.18. The normalized spacial score (nSPS) is 13.3. The van der Waals surface area contributed by atoms with Crippen LogP contribution in [0.25, 0.3) is 0 Å². The first-order valence-corrected chi connectivity index (χ1v) is 7.07. The Morgan fingerprint density at radius 2 is 2.20 bits per heavy atom. The summed E-state index contributed by atoms with van der Waals surface area (Å²) < 4.78 is 26.5. The van der Waals surface area contributed by atoms with Gasteiger partial charge in [-0.3, -0.25) is 4.99 Å². The van der Waals surface area contributed by atoms with Gasteiger partial charge in [0.15, 0.2) is 22.5 Å². The molecule has 0 aliphatic rings. The summed E-state index contributed by atoms with van der Waals surface area (Å²) in [5.74, 6) is -1.43. The van der Waals surface area contributed by atoms with Crippen molar-refractivity contribution >= 4 is 28.8 Å². The molecule has 0 saturated heterocycles. The fourth-order valence-electron chi connectivity index (χ4n) is 1.72. The Morgan fingerprint density at radius 3 is 2.80 bits per heavy atom. The zero-order valence-corrected chi connectivity index (χ0v) is 12.4. The van der Waals surface area contributed by atoms with Crippen molar-refractivity contribution in [2.45, 2.75) is 13.0 Å². The quantitative estimate of drug-likeness (QED) is 0.531. The Hall–Kier alpha value is -1.53. The van der Waals surface area contributed by atoms with Crippen LogP contribution in [0.2, 0.25) is 5.02 Å². The van der Waals surface area contributed by atoms with E-state index in [9.17, 15) is 8.78 Å². The molecule has 20 heavy (non-hydrogen) atoms. The molecule has 2 rings (SSSR count). The van der Waals surface area contributed by atoms with E-state index in [1.165, 1.54) is 17.4 Å². The van der Waals surface area contributed by atoms with Gasteiger partial charge in [0.25, 0.3) is 0 Å². The molecular formula is C13H12ClF2N3S. The first kappa shape index (κ1) is 14.9. The first-order valence-electron chi connectivity index (χ1n) is 5.81. The maximum Gasteiger partial charge on any atom is 0.177 e. The number of nitrogens with zero attached hydrogens (tertiary/aromatic N) is 2. The molecular weight excluding hydrogens is 304 g/mol. The molecule has 2 aromatic rings. The largest absolute Gasteiger partial charge is 0.361 e. The van der Waals surface area contributed by atoms with Gasteiger partial charge in [-0.15, -0.1) is 11.3 Å². The molecule has 106 valence electrons. The molecule has 1 heterocycles. The van der Waals surface area contributed by atoms with E-state index < -0.39 is 11.6 Å². The van der Waals surface area contributed by atoms with Crippen molar-refractivity contribution < 1.29 is 8.78 Å². The number of hydrogen-bond acceptors (Lipinski definition) is 3. The van der Waals surface area contributed by atoms with E-state index in [-0.39, 0.29) is 11.1 Å². The smallest absolute Gasteiger partial charge is 0.177 e. The van der Waals surface area contributed by atoms with Crippen LogP contribution in [0.1, 0.15) is 23.5 Å². The van der Waals surface area contributed by atoms with Gasteiger partial charge in [0.1, 0.15) is 0 Å². The number of nitrogens with one attached hydrogen (secondary N) is 1. The molecule has 7 heteroatoms. The van der Waals surface area contributed by atoms with Crippen LogP contribution >= 0.6 is 22.9 Å². The van der Waals surface area contributed by atoms with Gasteiger partial charge in [-0.25, -0.2) is 13.8 Å². The van der Waals surface area contributed by atoms with Crippen LogP contribution in [-0.2, 0) is 0 Å². The lowest BCUT2D eigenvalue weighted by molar-refractivity contribution is 0.505. The monoisotopic (exact) mass is 315 g/mol. The summed E-state index contributed by atoms with van der Waals surface area (Å²) in [7, 11) is 1.63. The molecule has 0 unspecified atom stereocenters. The fourth-order valence-corrected chi connectivity index (χ4v) is 2.67. The van der Waals surface area contributed by atoms with Crippen LogP contribution in [-0.4, -0.2) is 17.9 Å². The Bertz CT molecular complexity index is 629. The number of halogens is 3. The van der Waals surface area contributed by atoms with Crippen LogP contribution in [0.4, 0.5) is 8.78 Å².